The van der Waals surface area contributed by atoms with E-state index in [4.69, 9.17) is 10.5 Å². The number of rotatable bonds is 9. The van der Waals surface area contributed by atoms with E-state index >= 15 is 0 Å². The molecule has 160 valence electrons. The summed E-state index contributed by atoms with van der Waals surface area (Å²) in [4.78, 5) is 26.8. The van der Waals surface area contributed by atoms with Gasteiger partial charge < -0.3 is 21.1 Å². The van der Waals surface area contributed by atoms with E-state index in [0.29, 0.717) is 13.0 Å². The second-order valence-corrected chi connectivity index (χ2v) is 7.50. The maximum atomic E-state index is 13.0. The monoisotopic (exact) mass is 410 g/mol. The van der Waals surface area contributed by atoms with Crippen molar-refractivity contribution in [2.24, 2.45) is 5.73 Å². The molecule has 1 aliphatic rings. The fourth-order valence-electron chi connectivity index (χ4n) is 3.98. The number of nitrogens with two attached hydrogens (primary N) is 1. The summed E-state index contributed by atoms with van der Waals surface area (Å²) in [6, 6.07) is 16.0. The Morgan fingerprint density at radius 3 is 2.40 bits per heavy atom. The summed E-state index contributed by atoms with van der Waals surface area (Å²) in [5.74, 6) is 0.552. The topological polar surface area (TPSA) is 96.7 Å². The van der Waals surface area contributed by atoms with Crippen LogP contribution in [0, 0.1) is 0 Å². The third-order valence-corrected chi connectivity index (χ3v) is 5.46. The highest BCUT2D eigenvalue weighted by atomic mass is 16.5. The van der Waals surface area contributed by atoms with E-state index in [-0.39, 0.29) is 11.9 Å². The number of hydrogen-bond donors (Lipinski definition) is 3. The summed E-state index contributed by atoms with van der Waals surface area (Å²) in [6.07, 6.45) is 2.65. The first-order chi connectivity index (χ1) is 14.6. The van der Waals surface area contributed by atoms with Crippen molar-refractivity contribution in [1.82, 2.24) is 15.5 Å². The first-order valence-corrected chi connectivity index (χ1v) is 10.3. The quantitative estimate of drug-likeness (QED) is 0.591. The minimum Gasteiger partial charge on any atom is -0.496 e. The molecule has 2 aromatic carbocycles. The molecular formula is C23H30N4O3. The molecule has 7 nitrogen and oxygen atoms in total. The third kappa shape index (κ3) is 5.73. The third-order valence-electron chi connectivity index (χ3n) is 5.46. The summed E-state index contributed by atoms with van der Waals surface area (Å²) < 4.78 is 5.56. The maximum Gasteiger partial charge on any atom is 0.312 e. The van der Waals surface area contributed by atoms with Crippen molar-refractivity contribution in [2.75, 3.05) is 26.7 Å². The van der Waals surface area contributed by atoms with Crippen LogP contribution in [-0.2, 0) is 11.2 Å². The fourth-order valence-corrected chi connectivity index (χ4v) is 3.98. The Hall–Kier alpha value is -3.06. The van der Waals surface area contributed by atoms with Crippen molar-refractivity contribution in [2.45, 2.75) is 31.3 Å². The van der Waals surface area contributed by atoms with Crippen LogP contribution in [0.1, 0.15) is 30.0 Å². The van der Waals surface area contributed by atoms with Gasteiger partial charge in [0, 0.05) is 18.5 Å². The lowest BCUT2D eigenvalue weighted by atomic mass is 10.0. The second-order valence-electron chi connectivity index (χ2n) is 7.50. The van der Waals surface area contributed by atoms with Crippen LogP contribution in [0.15, 0.2) is 54.6 Å². The number of methoxy groups -OCH3 is 1. The average Bonchev–Trinajstić information content (AvgIpc) is 3.28. The summed E-state index contributed by atoms with van der Waals surface area (Å²) in [5.41, 5.74) is 7.31. The number of para-hydroxylation sites is 1. The first-order valence-electron chi connectivity index (χ1n) is 10.3. The van der Waals surface area contributed by atoms with Crippen molar-refractivity contribution in [1.29, 1.82) is 0 Å². The predicted molar refractivity (Wildman–Crippen MR) is 116 cm³/mol. The Bertz CT molecular complexity index is 837. The number of hydrogen-bond acceptors (Lipinski definition) is 4. The number of urea groups is 1. The average molecular weight is 411 g/mol. The minimum absolute atomic E-state index is 0.00134. The van der Waals surface area contributed by atoms with Gasteiger partial charge >= 0.3 is 6.03 Å². The van der Waals surface area contributed by atoms with E-state index in [2.05, 4.69) is 15.5 Å². The standard InChI is InChI=1S/C23H30N4O3/c1-30-21-12-6-5-11-18(21)20(27-13-7-8-14-27)16-25-22(28)19(26-23(24)29)15-17-9-3-2-4-10-17/h2-6,9-12,19-20H,7-8,13-16H2,1H3,(H,25,28)(H3,24,26,29)/t19-,20-/m1/s1. The van der Waals surface area contributed by atoms with Gasteiger partial charge in [-0.15, -0.1) is 0 Å². The van der Waals surface area contributed by atoms with E-state index in [1.54, 1.807) is 7.11 Å². The zero-order valence-corrected chi connectivity index (χ0v) is 17.3. The number of nitrogens with zero attached hydrogens (tertiary/aromatic N) is 1. The first kappa shape index (κ1) is 21.6. The summed E-state index contributed by atoms with van der Waals surface area (Å²) in [7, 11) is 1.66. The molecule has 1 heterocycles. The van der Waals surface area contributed by atoms with Gasteiger partial charge in [0.05, 0.1) is 13.2 Å². The van der Waals surface area contributed by atoms with Crippen LogP contribution in [-0.4, -0.2) is 49.6 Å². The van der Waals surface area contributed by atoms with Crippen LogP contribution >= 0.6 is 0 Å². The molecule has 0 saturated carbocycles. The molecule has 2 atom stereocenters. The smallest absolute Gasteiger partial charge is 0.312 e. The van der Waals surface area contributed by atoms with Crippen LogP contribution in [0.5, 0.6) is 5.75 Å². The molecule has 4 N–H and O–H groups in total. The van der Waals surface area contributed by atoms with Gasteiger partial charge in [-0.2, -0.15) is 0 Å². The molecule has 2 aromatic rings. The van der Waals surface area contributed by atoms with Crippen LogP contribution in [0.25, 0.3) is 0 Å². The molecule has 1 aliphatic heterocycles. The second kappa shape index (κ2) is 10.6. The van der Waals surface area contributed by atoms with Gasteiger partial charge in [-0.3, -0.25) is 9.69 Å². The van der Waals surface area contributed by atoms with Crippen LogP contribution < -0.4 is 21.1 Å². The lowest BCUT2D eigenvalue weighted by Crippen LogP contribution is -2.51. The predicted octanol–water partition coefficient (Wildman–Crippen LogP) is 2.23. The Balaban J connectivity index is 1.73. The molecule has 0 radical (unpaired) electrons. The summed E-state index contributed by atoms with van der Waals surface area (Å²) >= 11 is 0. The van der Waals surface area contributed by atoms with E-state index in [9.17, 15) is 9.59 Å². The number of primary amides is 1. The van der Waals surface area contributed by atoms with Crippen molar-refractivity contribution in [3.8, 4) is 5.75 Å². The van der Waals surface area contributed by atoms with Crippen molar-refractivity contribution >= 4 is 11.9 Å². The van der Waals surface area contributed by atoms with Crippen LogP contribution in [0.2, 0.25) is 0 Å². The van der Waals surface area contributed by atoms with E-state index in [1.165, 1.54) is 0 Å². The van der Waals surface area contributed by atoms with E-state index < -0.39 is 12.1 Å². The molecule has 1 saturated heterocycles. The number of nitrogens with one attached hydrogen (secondary N) is 2. The lowest BCUT2D eigenvalue weighted by molar-refractivity contribution is -0.123. The van der Waals surface area contributed by atoms with Gasteiger partial charge in [-0.05, 0) is 37.6 Å². The number of amides is 3. The number of likely N-dealkylation sites (tertiary alicyclic amines) is 1. The molecule has 0 spiro atoms. The number of ether oxygens (including phenoxy) is 1. The molecule has 3 amide bonds. The molecular weight excluding hydrogens is 380 g/mol. The SMILES string of the molecule is COc1ccccc1[C@@H](CNC(=O)[C@@H](Cc1ccccc1)NC(N)=O)N1CCCC1. The summed E-state index contributed by atoms with van der Waals surface area (Å²) in [5, 5.41) is 5.60. The molecule has 0 unspecified atom stereocenters. The number of carbonyl (C=O) groups is 2. The maximum absolute atomic E-state index is 13.0. The van der Waals surface area contributed by atoms with Gasteiger partial charge in [-0.1, -0.05) is 48.5 Å². The van der Waals surface area contributed by atoms with Crippen molar-refractivity contribution in [3.05, 3.63) is 65.7 Å². The van der Waals surface area contributed by atoms with E-state index in [1.807, 2.05) is 54.6 Å². The van der Waals surface area contributed by atoms with Crippen LogP contribution in [0.3, 0.4) is 0 Å². The highest BCUT2D eigenvalue weighted by Gasteiger charge is 2.28. The Morgan fingerprint density at radius 1 is 1.07 bits per heavy atom. The highest BCUT2D eigenvalue weighted by molar-refractivity contribution is 5.86. The number of benzene rings is 2. The summed E-state index contributed by atoms with van der Waals surface area (Å²) in [6.45, 7) is 2.38. The Kier molecular flexibility index (Phi) is 7.68. The molecule has 3 rings (SSSR count). The zero-order chi connectivity index (χ0) is 21.3. The van der Waals surface area contributed by atoms with Gasteiger partial charge in [0.1, 0.15) is 11.8 Å². The van der Waals surface area contributed by atoms with Gasteiger partial charge in [0.25, 0.3) is 0 Å². The van der Waals surface area contributed by atoms with Gasteiger partial charge in [-0.25, -0.2) is 4.79 Å². The zero-order valence-electron chi connectivity index (χ0n) is 17.3. The molecule has 30 heavy (non-hydrogen) atoms. The van der Waals surface area contributed by atoms with Gasteiger partial charge in [0.2, 0.25) is 5.91 Å². The van der Waals surface area contributed by atoms with Crippen molar-refractivity contribution < 1.29 is 14.3 Å². The lowest BCUT2D eigenvalue weighted by Gasteiger charge is -2.30. The van der Waals surface area contributed by atoms with Crippen molar-refractivity contribution in [3.63, 3.8) is 0 Å². The van der Waals surface area contributed by atoms with Gasteiger partial charge in [0.15, 0.2) is 0 Å². The highest BCUT2D eigenvalue weighted by Crippen LogP contribution is 2.31. The minimum atomic E-state index is -0.734. The largest absolute Gasteiger partial charge is 0.496 e. The molecule has 0 aromatic heterocycles. The van der Waals surface area contributed by atoms with E-state index in [0.717, 1.165) is 42.8 Å². The Morgan fingerprint density at radius 2 is 1.73 bits per heavy atom. The van der Waals surface area contributed by atoms with Crippen LogP contribution in [0.4, 0.5) is 4.79 Å². The normalized spacial score (nSPS) is 15.9. The fraction of sp³-hybridized carbons (Fsp3) is 0.391. The molecule has 0 bridgehead atoms. The molecule has 1 fully saturated rings. The molecule has 0 aliphatic carbocycles. The molecule has 7 heteroatoms. The number of carbonyl (C=O) groups excluding carboxylic acids is 2. The Labute approximate surface area is 177 Å².